The molecule has 1 aromatic carbocycles. The fourth-order valence-corrected chi connectivity index (χ4v) is 0.984. The summed E-state index contributed by atoms with van der Waals surface area (Å²) in [6.07, 6.45) is 1.60. The van der Waals surface area contributed by atoms with E-state index in [1.54, 1.807) is 37.3 Å². The van der Waals surface area contributed by atoms with Crippen LogP contribution in [-0.4, -0.2) is 0 Å². The molecule has 66 valence electrons. The Kier molecular flexibility index (Phi) is 3.36. The van der Waals surface area contributed by atoms with Crippen LogP contribution >= 0.6 is 11.6 Å². The Bertz CT molecular complexity index is 365. The van der Waals surface area contributed by atoms with Crippen molar-refractivity contribution in [2.45, 2.75) is 6.92 Å². The van der Waals surface area contributed by atoms with E-state index in [2.05, 4.69) is 0 Å². The zero-order valence-electron chi connectivity index (χ0n) is 7.12. The van der Waals surface area contributed by atoms with Crippen molar-refractivity contribution < 1.29 is 4.74 Å². The topological polar surface area (TPSA) is 33.0 Å². The van der Waals surface area contributed by atoms with E-state index in [-0.39, 0.29) is 5.76 Å². The smallest absolute Gasteiger partial charge is 0.199 e. The maximum atomic E-state index is 8.58. The van der Waals surface area contributed by atoms with E-state index in [0.717, 1.165) is 0 Å². The summed E-state index contributed by atoms with van der Waals surface area (Å²) < 4.78 is 5.21. The van der Waals surface area contributed by atoms with Gasteiger partial charge in [-0.1, -0.05) is 17.7 Å². The number of hydrogen-bond donors (Lipinski definition) is 0. The highest BCUT2D eigenvalue weighted by Gasteiger charge is 1.97. The first-order chi connectivity index (χ1) is 6.26. The highest BCUT2D eigenvalue weighted by molar-refractivity contribution is 6.30. The lowest BCUT2D eigenvalue weighted by Gasteiger charge is -2.02. The summed E-state index contributed by atoms with van der Waals surface area (Å²) in [5.41, 5.74) is 0. The van der Waals surface area contributed by atoms with Gasteiger partial charge in [0.1, 0.15) is 11.8 Å². The minimum Gasteiger partial charge on any atom is -0.447 e. The summed E-state index contributed by atoms with van der Waals surface area (Å²) >= 11 is 5.73. The molecule has 0 aliphatic heterocycles. The average Bonchev–Trinajstić information content (AvgIpc) is 2.14. The normalized spacial score (nSPS) is 10.7. The molecule has 0 saturated heterocycles. The maximum absolute atomic E-state index is 8.58. The first kappa shape index (κ1) is 9.63. The van der Waals surface area contributed by atoms with E-state index < -0.39 is 0 Å². The molecule has 1 rings (SSSR count). The molecule has 2 nitrogen and oxygen atoms in total. The SMILES string of the molecule is C/C=C(/C#N)Oc1cccc(Cl)c1. The third kappa shape index (κ3) is 2.81. The van der Waals surface area contributed by atoms with Crippen molar-refractivity contribution in [3.05, 3.63) is 41.1 Å². The van der Waals surface area contributed by atoms with Gasteiger partial charge < -0.3 is 4.74 Å². The van der Waals surface area contributed by atoms with Gasteiger partial charge in [-0.15, -0.1) is 0 Å². The molecule has 0 aliphatic rings. The Morgan fingerprint density at radius 2 is 2.38 bits per heavy atom. The van der Waals surface area contributed by atoms with Crippen molar-refractivity contribution in [3.8, 4) is 11.8 Å². The molecule has 0 atom stereocenters. The van der Waals surface area contributed by atoms with Crippen molar-refractivity contribution >= 4 is 11.6 Å². The third-order valence-electron chi connectivity index (χ3n) is 1.40. The molecule has 0 saturated carbocycles. The van der Waals surface area contributed by atoms with Gasteiger partial charge in [0.2, 0.25) is 0 Å². The minimum absolute atomic E-state index is 0.266. The molecule has 0 aromatic heterocycles. The predicted molar refractivity (Wildman–Crippen MR) is 51.5 cm³/mol. The largest absolute Gasteiger partial charge is 0.447 e. The van der Waals surface area contributed by atoms with Crippen LogP contribution in [0.2, 0.25) is 5.02 Å². The van der Waals surface area contributed by atoms with E-state index in [9.17, 15) is 0 Å². The Morgan fingerprint density at radius 1 is 1.62 bits per heavy atom. The van der Waals surface area contributed by atoms with Crippen molar-refractivity contribution in [1.29, 1.82) is 5.26 Å². The molecule has 0 bridgehead atoms. The number of nitriles is 1. The van der Waals surface area contributed by atoms with Crippen LogP contribution in [0, 0.1) is 11.3 Å². The highest BCUT2D eigenvalue weighted by atomic mass is 35.5. The van der Waals surface area contributed by atoms with Crippen molar-refractivity contribution in [1.82, 2.24) is 0 Å². The molecule has 0 radical (unpaired) electrons. The Hall–Kier alpha value is -1.46. The predicted octanol–water partition coefficient (Wildman–Crippen LogP) is 3.15. The Balaban J connectivity index is 2.81. The average molecular weight is 194 g/mol. The second kappa shape index (κ2) is 4.54. The molecule has 0 amide bonds. The minimum atomic E-state index is 0.266. The lowest BCUT2D eigenvalue weighted by atomic mass is 10.3. The molecular weight excluding hydrogens is 186 g/mol. The third-order valence-corrected chi connectivity index (χ3v) is 1.63. The number of rotatable bonds is 2. The van der Waals surface area contributed by atoms with Gasteiger partial charge in [0.25, 0.3) is 0 Å². The van der Waals surface area contributed by atoms with E-state index in [1.807, 2.05) is 6.07 Å². The van der Waals surface area contributed by atoms with Gasteiger partial charge in [0.05, 0.1) is 0 Å². The molecule has 3 heteroatoms. The molecule has 0 N–H and O–H groups in total. The molecule has 0 heterocycles. The van der Waals surface area contributed by atoms with Crippen molar-refractivity contribution in [2.24, 2.45) is 0 Å². The van der Waals surface area contributed by atoms with Crippen molar-refractivity contribution in [2.75, 3.05) is 0 Å². The van der Waals surface area contributed by atoms with Crippen LogP contribution in [0.5, 0.6) is 5.75 Å². The summed E-state index contributed by atoms with van der Waals surface area (Å²) in [5.74, 6) is 0.837. The van der Waals surface area contributed by atoms with Crippen LogP contribution in [0.15, 0.2) is 36.1 Å². The van der Waals surface area contributed by atoms with Crippen LogP contribution < -0.4 is 4.74 Å². The molecule has 0 fully saturated rings. The highest BCUT2D eigenvalue weighted by Crippen LogP contribution is 2.18. The van der Waals surface area contributed by atoms with E-state index in [0.29, 0.717) is 10.8 Å². The second-order valence-corrected chi connectivity index (χ2v) is 2.76. The van der Waals surface area contributed by atoms with Gasteiger partial charge in [-0.05, 0) is 31.2 Å². The van der Waals surface area contributed by atoms with Crippen LogP contribution in [0.3, 0.4) is 0 Å². The van der Waals surface area contributed by atoms with Crippen LogP contribution in [0.25, 0.3) is 0 Å². The van der Waals surface area contributed by atoms with E-state index in [1.165, 1.54) is 0 Å². The van der Waals surface area contributed by atoms with Gasteiger partial charge in [-0.25, -0.2) is 0 Å². The number of benzene rings is 1. The second-order valence-electron chi connectivity index (χ2n) is 2.32. The fraction of sp³-hybridized carbons (Fsp3) is 0.100. The van der Waals surface area contributed by atoms with Gasteiger partial charge in [0.15, 0.2) is 5.76 Å². The fourth-order valence-electron chi connectivity index (χ4n) is 0.804. The van der Waals surface area contributed by atoms with Crippen LogP contribution in [-0.2, 0) is 0 Å². The molecular formula is C10H8ClNO. The van der Waals surface area contributed by atoms with E-state index >= 15 is 0 Å². The Morgan fingerprint density at radius 3 is 2.92 bits per heavy atom. The van der Waals surface area contributed by atoms with Gasteiger partial charge in [-0.2, -0.15) is 5.26 Å². The molecule has 0 unspecified atom stereocenters. The zero-order chi connectivity index (χ0) is 9.68. The van der Waals surface area contributed by atoms with E-state index in [4.69, 9.17) is 21.6 Å². The number of halogens is 1. The summed E-state index contributed by atoms with van der Waals surface area (Å²) in [5, 5.41) is 9.17. The number of ether oxygens (including phenoxy) is 1. The molecule has 0 spiro atoms. The van der Waals surface area contributed by atoms with Crippen LogP contribution in [0.4, 0.5) is 0 Å². The lowest BCUT2D eigenvalue weighted by Crippen LogP contribution is -1.91. The lowest BCUT2D eigenvalue weighted by molar-refractivity contribution is 0.447. The standard InChI is InChI=1S/C10H8ClNO/c1-2-9(7-12)13-10-5-3-4-8(11)6-10/h2-6H,1H3/b9-2-. The maximum Gasteiger partial charge on any atom is 0.199 e. The van der Waals surface area contributed by atoms with Crippen molar-refractivity contribution in [3.63, 3.8) is 0 Å². The first-order valence-electron chi connectivity index (χ1n) is 3.76. The Labute approximate surface area is 82.0 Å². The molecule has 0 aliphatic carbocycles. The monoisotopic (exact) mass is 193 g/mol. The summed E-state index contributed by atoms with van der Waals surface area (Å²) in [4.78, 5) is 0. The van der Waals surface area contributed by atoms with Gasteiger partial charge >= 0.3 is 0 Å². The quantitative estimate of drug-likeness (QED) is 0.534. The summed E-state index contributed by atoms with van der Waals surface area (Å²) in [6.45, 7) is 1.74. The molecule has 1 aromatic rings. The number of nitrogens with zero attached hydrogens (tertiary/aromatic N) is 1. The van der Waals surface area contributed by atoms with Gasteiger partial charge in [0, 0.05) is 5.02 Å². The summed E-state index contributed by atoms with van der Waals surface area (Å²) in [6, 6.07) is 8.83. The zero-order valence-corrected chi connectivity index (χ0v) is 7.88. The number of hydrogen-bond acceptors (Lipinski definition) is 2. The molecule has 13 heavy (non-hydrogen) atoms. The van der Waals surface area contributed by atoms with Gasteiger partial charge in [-0.3, -0.25) is 0 Å². The first-order valence-corrected chi connectivity index (χ1v) is 4.14. The summed E-state index contributed by atoms with van der Waals surface area (Å²) in [7, 11) is 0. The van der Waals surface area contributed by atoms with Crippen LogP contribution in [0.1, 0.15) is 6.92 Å². The number of allylic oxidation sites excluding steroid dienone is 2.